The van der Waals surface area contributed by atoms with Crippen LogP contribution in [0.3, 0.4) is 0 Å². The van der Waals surface area contributed by atoms with Crippen molar-refractivity contribution in [2.75, 3.05) is 33.3 Å². The molecule has 3 rings (SSSR count). The van der Waals surface area contributed by atoms with E-state index in [1.54, 1.807) is 31.3 Å². The van der Waals surface area contributed by atoms with E-state index < -0.39 is 10.0 Å². The van der Waals surface area contributed by atoms with Crippen molar-refractivity contribution >= 4 is 16.1 Å². The number of likely N-dealkylation sites (N-methyl/N-ethyl adjacent to an activating group) is 1. The summed E-state index contributed by atoms with van der Waals surface area (Å²) in [5.74, 6) is 0.204. The molecule has 0 aliphatic carbocycles. The van der Waals surface area contributed by atoms with Crippen LogP contribution < -0.4 is 10.1 Å². The number of piperidine rings is 1. The summed E-state index contributed by atoms with van der Waals surface area (Å²) in [6, 6.07) is 12.0. The molecular formula is C22H28FN3O4S. The largest absolute Gasteiger partial charge is 0.492 e. The van der Waals surface area contributed by atoms with Crippen molar-refractivity contribution in [3.63, 3.8) is 0 Å². The van der Waals surface area contributed by atoms with Gasteiger partial charge in [-0.15, -0.1) is 0 Å². The van der Waals surface area contributed by atoms with Gasteiger partial charge in [0, 0.05) is 26.7 Å². The highest BCUT2D eigenvalue weighted by Crippen LogP contribution is 2.20. The van der Waals surface area contributed by atoms with E-state index in [-0.39, 0.29) is 29.9 Å². The van der Waals surface area contributed by atoms with Crippen LogP contribution in [0.4, 0.5) is 9.18 Å². The number of rotatable bonds is 8. The minimum atomic E-state index is -3.46. The van der Waals surface area contributed by atoms with Crippen LogP contribution in [0.2, 0.25) is 0 Å². The van der Waals surface area contributed by atoms with Crippen LogP contribution in [0, 0.1) is 5.82 Å². The van der Waals surface area contributed by atoms with E-state index in [0.717, 1.165) is 24.8 Å². The predicted octanol–water partition coefficient (Wildman–Crippen LogP) is 3.22. The molecule has 2 amide bonds. The minimum Gasteiger partial charge on any atom is -0.492 e. The molecule has 1 N–H and O–H groups in total. The number of amides is 2. The number of ether oxygens (including phenoxy) is 1. The normalized spacial score (nSPS) is 14.8. The molecule has 0 saturated carbocycles. The molecule has 1 aliphatic heterocycles. The molecular weight excluding hydrogens is 421 g/mol. The highest BCUT2D eigenvalue weighted by molar-refractivity contribution is 7.89. The smallest absolute Gasteiger partial charge is 0.317 e. The molecule has 7 nitrogen and oxygen atoms in total. The lowest BCUT2D eigenvalue weighted by atomic mass is 10.2. The molecule has 2 aromatic carbocycles. The average molecular weight is 450 g/mol. The zero-order valence-corrected chi connectivity index (χ0v) is 18.4. The first-order chi connectivity index (χ1) is 14.9. The molecule has 1 aliphatic rings. The van der Waals surface area contributed by atoms with Crippen molar-refractivity contribution in [2.45, 2.75) is 30.7 Å². The minimum absolute atomic E-state index is 0.271. The number of hydrogen-bond donors (Lipinski definition) is 1. The predicted molar refractivity (Wildman–Crippen MR) is 116 cm³/mol. The third kappa shape index (κ3) is 6.41. The third-order valence-corrected chi connectivity index (χ3v) is 7.09. The van der Waals surface area contributed by atoms with Crippen molar-refractivity contribution in [1.29, 1.82) is 0 Å². The maximum absolute atomic E-state index is 12.9. The van der Waals surface area contributed by atoms with Gasteiger partial charge in [0.2, 0.25) is 10.0 Å². The van der Waals surface area contributed by atoms with Gasteiger partial charge >= 0.3 is 6.03 Å². The van der Waals surface area contributed by atoms with Crippen LogP contribution in [0.25, 0.3) is 0 Å². The lowest BCUT2D eigenvalue weighted by Crippen LogP contribution is -2.39. The monoisotopic (exact) mass is 449 g/mol. The van der Waals surface area contributed by atoms with Gasteiger partial charge < -0.3 is 15.0 Å². The number of benzene rings is 2. The summed E-state index contributed by atoms with van der Waals surface area (Å²) < 4.78 is 45.3. The molecule has 0 aromatic heterocycles. The van der Waals surface area contributed by atoms with E-state index in [1.807, 2.05) is 0 Å². The van der Waals surface area contributed by atoms with Gasteiger partial charge in [-0.1, -0.05) is 18.6 Å². The highest BCUT2D eigenvalue weighted by Gasteiger charge is 2.25. The Morgan fingerprint density at radius 3 is 2.35 bits per heavy atom. The van der Waals surface area contributed by atoms with Crippen LogP contribution in [0.15, 0.2) is 53.4 Å². The van der Waals surface area contributed by atoms with E-state index in [1.165, 1.54) is 33.5 Å². The molecule has 0 spiro atoms. The molecule has 9 heteroatoms. The van der Waals surface area contributed by atoms with Crippen LogP contribution in [0.5, 0.6) is 5.75 Å². The van der Waals surface area contributed by atoms with Crippen LogP contribution >= 0.6 is 0 Å². The van der Waals surface area contributed by atoms with Crippen LogP contribution in [-0.2, 0) is 16.6 Å². The second-order valence-electron chi connectivity index (χ2n) is 7.49. The molecule has 0 atom stereocenters. The quantitative estimate of drug-likeness (QED) is 0.671. The zero-order chi connectivity index (χ0) is 22.3. The van der Waals surface area contributed by atoms with Gasteiger partial charge in [0.15, 0.2) is 0 Å². The second-order valence-corrected chi connectivity index (χ2v) is 9.43. The number of carbonyl (C=O) groups is 1. The molecule has 168 valence electrons. The number of sulfonamides is 1. The van der Waals surface area contributed by atoms with Gasteiger partial charge in [0.1, 0.15) is 18.2 Å². The molecule has 31 heavy (non-hydrogen) atoms. The lowest BCUT2D eigenvalue weighted by molar-refractivity contribution is 0.195. The number of urea groups is 1. The second kappa shape index (κ2) is 10.6. The standard InChI is InChI=1S/C22H28FN3O4S/c1-25(15-16-30-20-9-7-19(23)8-10-20)22(27)24-17-18-5-11-21(12-6-18)31(28,29)26-13-3-2-4-14-26/h5-12H,2-4,13-17H2,1H3,(H,24,27). The number of hydrogen-bond acceptors (Lipinski definition) is 4. The molecule has 2 aromatic rings. The fourth-order valence-electron chi connectivity index (χ4n) is 3.28. The fourth-order valence-corrected chi connectivity index (χ4v) is 4.80. The van der Waals surface area contributed by atoms with Gasteiger partial charge in [-0.2, -0.15) is 4.31 Å². The van der Waals surface area contributed by atoms with Gasteiger partial charge in [0.25, 0.3) is 0 Å². The highest BCUT2D eigenvalue weighted by atomic mass is 32.2. The zero-order valence-electron chi connectivity index (χ0n) is 17.6. The number of carbonyl (C=O) groups excluding carboxylic acids is 1. The van der Waals surface area contributed by atoms with Crippen molar-refractivity contribution < 1.29 is 22.3 Å². The maximum atomic E-state index is 12.9. The van der Waals surface area contributed by atoms with E-state index in [2.05, 4.69) is 5.32 Å². The Morgan fingerprint density at radius 2 is 1.71 bits per heavy atom. The molecule has 0 radical (unpaired) electrons. The third-order valence-electron chi connectivity index (χ3n) is 5.18. The SMILES string of the molecule is CN(CCOc1ccc(F)cc1)C(=O)NCc1ccc(S(=O)(=O)N2CCCCC2)cc1. The molecule has 1 saturated heterocycles. The van der Waals surface area contributed by atoms with Crippen molar-refractivity contribution in [1.82, 2.24) is 14.5 Å². The van der Waals surface area contributed by atoms with E-state index >= 15 is 0 Å². The lowest BCUT2D eigenvalue weighted by Gasteiger charge is -2.25. The van der Waals surface area contributed by atoms with Crippen molar-refractivity contribution in [3.05, 3.63) is 59.9 Å². The first-order valence-corrected chi connectivity index (χ1v) is 11.8. The first kappa shape index (κ1) is 23.0. The Balaban J connectivity index is 1.44. The van der Waals surface area contributed by atoms with Crippen LogP contribution in [-0.4, -0.2) is 56.9 Å². The number of nitrogens with zero attached hydrogens (tertiary/aromatic N) is 2. The Labute approximate surface area is 182 Å². The Hall–Kier alpha value is -2.65. The summed E-state index contributed by atoms with van der Waals surface area (Å²) >= 11 is 0. The van der Waals surface area contributed by atoms with Gasteiger partial charge in [-0.3, -0.25) is 0 Å². The average Bonchev–Trinajstić information content (AvgIpc) is 2.79. The van der Waals surface area contributed by atoms with Gasteiger partial charge in [-0.05, 0) is 54.8 Å². The van der Waals surface area contributed by atoms with Gasteiger partial charge in [-0.25, -0.2) is 17.6 Å². The van der Waals surface area contributed by atoms with Crippen molar-refractivity contribution in [2.24, 2.45) is 0 Å². The topological polar surface area (TPSA) is 79.0 Å². The molecule has 0 unspecified atom stereocenters. The molecule has 1 fully saturated rings. The molecule has 1 heterocycles. The molecule has 0 bridgehead atoms. The number of halogens is 1. The summed E-state index contributed by atoms with van der Waals surface area (Å²) in [5.41, 5.74) is 0.807. The summed E-state index contributed by atoms with van der Waals surface area (Å²) in [7, 11) is -1.81. The Bertz CT molecular complexity index is 959. The maximum Gasteiger partial charge on any atom is 0.317 e. The Kier molecular flexibility index (Phi) is 7.86. The number of nitrogens with one attached hydrogen (secondary N) is 1. The Morgan fingerprint density at radius 1 is 1.06 bits per heavy atom. The van der Waals surface area contributed by atoms with Gasteiger partial charge in [0.05, 0.1) is 11.4 Å². The van der Waals surface area contributed by atoms with E-state index in [9.17, 15) is 17.6 Å². The summed E-state index contributed by atoms with van der Waals surface area (Å²) in [4.78, 5) is 14.0. The summed E-state index contributed by atoms with van der Waals surface area (Å²) in [5, 5.41) is 2.80. The summed E-state index contributed by atoms with van der Waals surface area (Å²) in [6.07, 6.45) is 2.86. The van der Waals surface area contributed by atoms with E-state index in [4.69, 9.17) is 4.74 Å². The van der Waals surface area contributed by atoms with E-state index in [0.29, 0.717) is 25.4 Å². The van der Waals surface area contributed by atoms with Crippen LogP contribution in [0.1, 0.15) is 24.8 Å². The fraction of sp³-hybridized carbons (Fsp3) is 0.409. The summed E-state index contributed by atoms with van der Waals surface area (Å²) in [6.45, 7) is 2.05. The first-order valence-electron chi connectivity index (χ1n) is 10.3. The van der Waals surface area contributed by atoms with Crippen molar-refractivity contribution in [3.8, 4) is 5.75 Å².